The van der Waals surface area contributed by atoms with Gasteiger partial charge in [0.05, 0.1) is 8.66 Å². The van der Waals surface area contributed by atoms with Crippen LogP contribution in [-0.2, 0) is 0 Å². The standard InChI is InChI=1S/C12H7Br2ClOS/c1-6-4-7(15)2-3-8(6)11(16)10-5-9(13)12(14)17-10/h2-5H,1H3. The van der Waals surface area contributed by atoms with E-state index in [2.05, 4.69) is 31.9 Å². The number of aryl methyl sites for hydroxylation is 1. The first-order chi connectivity index (χ1) is 7.99. The summed E-state index contributed by atoms with van der Waals surface area (Å²) in [5, 5.41) is 0.646. The number of thiophene rings is 1. The van der Waals surface area contributed by atoms with Crippen molar-refractivity contribution >= 4 is 60.6 Å². The fourth-order valence-electron chi connectivity index (χ4n) is 1.47. The molecule has 0 amide bonds. The number of ketones is 1. The van der Waals surface area contributed by atoms with Crippen LogP contribution in [0.1, 0.15) is 20.8 Å². The summed E-state index contributed by atoms with van der Waals surface area (Å²) in [5.74, 6) is 0.0237. The fourth-order valence-corrected chi connectivity index (χ4v) is 3.69. The smallest absolute Gasteiger partial charge is 0.203 e. The molecule has 88 valence electrons. The molecule has 0 N–H and O–H groups in total. The molecule has 1 aromatic carbocycles. The Morgan fingerprint density at radius 3 is 2.53 bits per heavy atom. The van der Waals surface area contributed by atoms with Crippen molar-refractivity contribution in [2.45, 2.75) is 6.92 Å². The van der Waals surface area contributed by atoms with Crippen molar-refractivity contribution in [1.82, 2.24) is 0 Å². The maximum absolute atomic E-state index is 12.3. The van der Waals surface area contributed by atoms with Gasteiger partial charge >= 0.3 is 0 Å². The minimum atomic E-state index is 0.0237. The summed E-state index contributed by atoms with van der Waals surface area (Å²) in [7, 11) is 0. The molecule has 0 aliphatic rings. The lowest BCUT2D eigenvalue weighted by Gasteiger charge is -2.03. The Balaban J connectivity index is 2.43. The Morgan fingerprint density at radius 2 is 2.00 bits per heavy atom. The van der Waals surface area contributed by atoms with Crippen LogP contribution >= 0.6 is 54.8 Å². The van der Waals surface area contributed by atoms with Gasteiger partial charge in [0.25, 0.3) is 0 Å². The summed E-state index contributed by atoms with van der Waals surface area (Å²) in [6.07, 6.45) is 0. The number of hydrogen-bond donors (Lipinski definition) is 0. The lowest BCUT2D eigenvalue weighted by atomic mass is 10.0. The van der Waals surface area contributed by atoms with Crippen LogP contribution in [-0.4, -0.2) is 5.78 Å². The van der Waals surface area contributed by atoms with Crippen LogP contribution in [0.2, 0.25) is 5.02 Å². The Bertz CT molecular complexity index is 573. The Labute approximate surface area is 125 Å². The van der Waals surface area contributed by atoms with Crippen LogP contribution in [0, 0.1) is 6.92 Å². The maximum Gasteiger partial charge on any atom is 0.203 e. The van der Waals surface area contributed by atoms with Crippen LogP contribution in [0.15, 0.2) is 32.5 Å². The van der Waals surface area contributed by atoms with Gasteiger partial charge in [-0.05, 0) is 68.6 Å². The highest BCUT2D eigenvalue weighted by atomic mass is 79.9. The van der Waals surface area contributed by atoms with E-state index in [1.54, 1.807) is 18.2 Å². The topological polar surface area (TPSA) is 17.1 Å². The Morgan fingerprint density at radius 1 is 1.29 bits per heavy atom. The van der Waals surface area contributed by atoms with E-state index in [0.717, 1.165) is 13.8 Å². The minimum absolute atomic E-state index is 0.0237. The highest BCUT2D eigenvalue weighted by Crippen LogP contribution is 2.34. The van der Waals surface area contributed by atoms with Crippen molar-refractivity contribution in [3.63, 3.8) is 0 Å². The van der Waals surface area contributed by atoms with Gasteiger partial charge in [-0.25, -0.2) is 0 Å². The summed E-state index contributed by atoms with van der Waals surface area (Å²) in [6, 6.07) is 7.12. The predicted molar refractivity (Wildman–Crippen MR) is 79.3 cm³/mol. The number of carbonyl (C=O) groups is 1. The first-order valence-corrected chi connectivity index (χ1v) is 7.53. The zero-order valence-electron chi connectivity index (χ0n) is 8.76. The number of hydrogen-bond acceptors (Lipinski definition) is 2. The van der Waals surface area contributed by atoms with E-state index in [0.29, 0.717) is 15.5 Å². The molecule has 0 unspecified atom stereocenters. The van der Waals surface area contributed by atoms with Crippen molar-refractivity contribution in [3.8, 4) is 0 Å². The SMILES string of the molecule is Cc1cc(Cl)ccc1C(=O)c1cc(Br)c(Br)s1. The van der Waals surface area contributed by atoms with E-state index in [9.17, 15) is 4.79 Å². The van der Waals surface area contributed by atoms with Crippen LogP contribution in [0.5, 0.6) is 0 Å². The molecule has 0 atom stereocenters. The zero-order valence-corrected chi connectivity index (χ0v) is 13.5. The molecule has 0 saturated heterocycles. The average molecular weight is 395 g/mol. The largest absolute Gasteiger partial charge is 0.288 e. The first kappa shape index (κ1) is 13.3. The highest BCUT2D eigenvalue weighted by Gasteiger charge is 2.16. The number of halogens is 3. The third-order valence-electron chi connectivity index (χ3n) is 2.30. The molecule has 1 nitrogen and oxygen atoms in total. The molecule has 1 aromatic heterocycles. The third-order valence-corrected chi connectivity index (χ3v) is 5.79. The van der Waals surface area contributed by atoms with Crippen molar-refractivity contribution in [2.24, 2.45) is 0 Å². The van der Waals surface area contributed by atoms with Gasteiger partial charge in [-0.3, -0.25) is 4.79 Å². The molecule has 0 spiro atoms. The number of benzene rings is 1. The second-order valence-electron chi connectivity index (χ2n) is 3.52. The number of carbonyl (C=O) groups excluding carboxylic acids is 1. The van der Waals surface area contributed by atoms with Crippen LogP contribution in [0.4, 0.5) is 0 Å². The molecule has 2 aromatic rings. The van der Waals surface area contributed by atoms with Crippen LogP contribution in [0.25, 0.3) is 0 Å². The van der Waals surface area contributed by atoms with Gasteiger partial charge in [-0.2, -0.15) is 0 Å². The van der Waals surface area contributed by atoms with E-state index in [-0.39, 0.29) is 5.78 Å². The number of rotatable bonds is 2. The second kappa shape index (κ2) is 5.22. The third kappa shape index (κ3) is 2.81. The van der Waals surface area contributed by atoms with Gasteiger partial charge in [0, 0.05) is 15.1 Å². The summed E-state index contributed by atoms with van der Waals surface area (Å²) >= 11 is 14.1. The van der Waals surface area contributed by atoms with E-state index in [1.165, 1.54) is 11.3 Å². The summed E-state index contributed by atoms with van der Waals surface area (Å²) in [6.45, 7) is 1.89. The molecule has 0 aliphatic heterocycles. The quantitative estimate of drug-likeness (QED) is 0.618. The van der Waals surface area contributed by atoms with Gasteiger partial charge in [-0.1, -0.05) is 11.6 Å². The molecular formula is C12H7Br2ClOS. The van der Waals surface area contributed by atoms with Crippen LogP contribution < -0.4 is 0 Å². The van der Waals surface area contributed by atoms with Gasteiger partial charge in [0.2, 0.25) is 5.78 Å². The Kier molecular flexibility index (Phi) is 4.08. The molecule has 0 aliphatic carbocycles. The molecule has 5 heteroatoms. The molecule has 17 heavy (non-hydrogen) atoms. The first-order valence-electron chi connectivity index (χ1n) is 4.74. The van der Waals surface area contributed by atoms with Crippen molar-refractivity contribution in [3.05, 3.63) is 53.6 Å². The van der Waals surface area contributed by atoms with E-state index >= 15 is 0 Å². The van der Waals surface area contributed by atoms with Gasteiger partial charge < -0.3 is 0 Å². The second-order valence-corrected chi connectivity index (χ2v) is 7.18. The van der Waals surface area contributed by atoms with Gasteiger partial charge in [0.1, 0.15) is 0 Å². The maximum atomic E-state index is 12.3. The molecular weight excluding hydrogens is 387 g/mol. The molecule has 2 rings (SSSR count). The zero-order chi connectivity index (χ0) is 12.6. The summed E-state index contributed by atoms with van der Waals surface area (Å²) < 4.78 is 1.82. The van der Waals surface area contributed by atoms with Crippen molar-refractivity contribution < 1.29 is 4.79 Å². The van der Waals surface area contributed by atoms with E-state index in [1.807, 2.05) is 13.0 Å². The Hall–Kier alpha value is -0.160. The monoisotopic (exact) mass is 392 g/mol. The minimum Gasteiger partial charge on any atom is -0.288 e. The predicted octanol–water partition coefficient (Wildman–Crippen LogP) is 5.47. The molecule has 0 fully saturated rings. The van der Waals surface area contributed by atoms with Crippen molar-refractivity contribution in [2.75, 3.05) is 0 Å². The molecule has 0 bridgehead atoms. The molecule has 0 saturated carbocycles. The van der Waals surface area contributed by atoms with Crippen molar-refractivity contribution in [1.29, 1.82) is 0 Å². The average Bonchev–Trinajstić information content (AvgIpc) is 2.58. The fraction of sp³-hybridized carbons (Fsp3) is 0.0833. The lowest BCUT2D eigenvalue weighted by Crippen LogP contribution is -2.01. The van der Waals surface area contributed by atoms with Gasteiger partial charge in [-0.15, -0.1) is 11.3 Å². The van der Waals surface area contributed by atoms with E-state index < -0.39 is 0 Å². The van der Waals surface area contributed by atoms with E-state index in [4.69, 9.17) is 11.6 Å². The molecule has 0 radical (unpaired) electrons. The normalized spacial score (nSPS) is 10.6. The molecule has 1 heterocycles. The summed E-state index contributed by atoms with van der Waals surface area (Å²) in [5.41, 5.74) is 1.58. The summed E-state index contributed by atoms with van der Waals surface area (Å²) in [4.78, 5) is 13.0. The lowest BCUT2D eigenvalue weighted by molar-refractivity contribution is 0.104. The van der Waals surface area contributed by atoms with Gasteiger partial charge in [0.15, 0.2) is 0 Å². The van der Waals surface area contributed by atoms with Crippen LogP contribution in [0.3, 0.4) is 0 Å². The highest BCUT2D eigenvalue weighted by molar-refractivity contribution is 9.13.